The molecule has 2 aliphatic heterocycles. The van der Waals surface area contributed by atoms with Crippen molar-refractivity contribution in [1.82, 2.24) is 14.7 Å². The summed E-state index contributed by atoms with van der Waals surface area (Å²) in [4.78, 5) is 37.7. The minimum atomic E-state index is -4.54. The number of carbonyl (C=O) groups excluding carboxylic acids is 3. The van der Waals surface area contributed by atoms with E-state index in [1.54, 1.807) is 36.4 Å². The summed E-state index contributed by atoms with van der Waals surface area (Å²) in [6.45, 7) is 3.71. The Kier molecular flexibility index (Phi) is 10.7. The normalized spacial score (nSPS) is 24.6. The molecule has 256 valence electrons. The fourth-order valence-corrected chi connectivity index (χ4v) is 6.94. The van der Waals surface area contributed by atoms with E-state index in [1.165, 1.54) is 29.8 Å². The Bertz CT molecular complexity index is 1720. The molecule has 0 bridgehead atoms. The van der Waals surface area contributed by atoms with E-state index in [4.69, 9.17) is 38.5 Å². The Labute approximate surface area is 275 Å². The van der Waals surface area contributed by atoms with Gasteiger partial charge in [-0.15, -0.1) is 0 Å². The molecule has 0 radical (unpaired) electrons. The van der Waals surface area contributed by atoms with Gasteiger partial charge in [0.2, 0.25) is 5.60 Å². The van der Waals surface area contributed by atoms with Crippen molar-refractivity contribution >= 4 is 36.9 Å². The summed E-state index contributed by atoms with van der Waals surface area (Å²) in [6, 6.07) is 13.6. The molecule has 4 heterocycles. The molecule has 48 heavy (non-hydrogen) atoms. The lowest BCUT2D eigenvalue weighted by atomic mass is 9.95. The van der Waals surface area contributed by atoms with E-state index >= 15 is 0 Å². The van der Waals surface area contributed by atoms with Gasteiger partial charge in [0.25, 0.3) is 0 Å². The van der Waals surface area contributed by atoms with E-state index < -0.39 is 62.2 Å². The quantitative estimate of drug-likeness (QED) is 0.159. The zero-order valence-corrected chi connectivity index (χ0v) is 27.4. The fourth-order valence-electron chi connectivity index (χ4n) is 5.42. The van der Waals surface area contributed by atoms with Crippen LogP contribution in [0.4, 0.5) is 5.69 Å². The number of benzene rings is 1. The number of fused-ring (bicyclic) bond motifs is 1. The third kappa shape index (κ3) is 7.78. The highest BCUT2D eigenvalue weighted by Crippen LogP contribution is 2.50. The van der Waals surface area contributed by atoms with Crippen molar-refractivity contribution in [2.24, 2.45) is 0 Å². The maximum Gasteiger partial charge on any atom is 0.459 e. The average molecular weight is 686 g/mol. The number of nitrogens with zero attached hydrogens (tertiary/aromatic N) is 3. The summed E-state index contributed by atoms with van der Waals surface area (Å²) in [7, 11) is -4.54. The Morgan fingerprint density at radius 3 is 2.48 bits per heavy atom. The van der Waals surface area contributed by atoms with Crippen molar-refractivity contribution < 1.29 is 51.7 Å². The first-order valence-electron chi connectivity index (χ1n) is 15.1. The Balaban J connectivity index is 1.47. The van der Waals surface area contributed by atoms with Gasteiger partial charge in [-0.3, -0.25) is 18.9 Å². The van der Waals surface area contributed by atoms with Crippen LogP contribution in [0.5, 0.6) is 5.75 Å². The highest BCUT2D eigenvalue weighted by atomic mass is 31.2. The summed E-state index contributed by atoms with van der Waals surface area (Å²) in [5.74, 6) is -2.18. The van der Waals surface area contributed by atoms with E-state index in [2.05, 4.69) is 10.2 Å². The first-order valence-corrected chi connectivity index (χ1v) is 16.7. The second-order valence-electron chi connectivity index (χ2n) is 11.3. The third-order valence-electron chi connectivity index (χ3n) is 7.66. The molecule has 0 saturated carbocycles. The molecule has 0 spiro atoms. The molecule has 6 atom stereocenters. The molecule has 17 heteroatoms. The zero-order chi connectivity index (χ0) is 34.5. The van der Waals surface area contributed by atoms with Crippen molar-refractivity contribution in [2.75, 3.05) is 25.6 Å². The molecule has 16 nitrogen and oxygen atoms in total. The summed E-state index contributed by atoms with van der Waals surface area (Å²) in [5.41, 5.74) is 5.09. The molecule has 3 aromatic rings. The minimum absolute atomic E-state index is 0.118. The van der Waals surface area contributed by atoms with Gasteiger partial charge in [0, 0.05) is 32.9 Å². The molecular formula is C31H36N5O11P. The SMILES string of the molecule is CC(=O)O[C@H]1[C@H](c2ccc3c(N)ccnn23)O[C@](C#N)(CO[P@@](=O)(N[C@@H](C)C(=O)OC2CCOCC2)Oc2ccccc2)[C@H]1OC(C)=O. The van der Waals surface area contributed by atoms with Gasteiger partial charge < -0.3 is 33.9 Å². The van der Waals surface area contributed by atoms with Crippen molar-refractivity contribution in [3.8, 4) is 11.8 Å². The summed E-state index contributed by atoms with van der Waals surface area (Å²) in [6.07, 6.45) is -2.12. The smallest absolute Gasteiger partial charge is 0.459 e. The molecule has 2 aromatic heterocycles. The molecule has 0 unspecified atom stereocenters. The highest BCUT2D eigenvalue weighted by Gasteiger charge is 2.62. The first kappa shape index (κ1) is 34.8. The third-order valence-corrected chi connectivity index (χ3v) is 9.28. The molecule has 5 rings (SSSR count). The summed E-state index contributed by atoms with van der Waals surface area (Å²) >= 11 is 0. The van der Waals surface area contributed by atoms with E-state index in [0.29, 0.717) is 43.0 Å². The molecule has 2 aliphatic rings. The van der Waals surface area contributed by atoms with Gasteiger partial charge in [0.05, 0.1) is 30.1 Å². The molecular weight excluding hydrogens is 649 g/mol. The lowest BCUT2D eigenvalue weighted by Crippen LogP contribution is -2.49. The Morgan fingerprint density at radius 1 is 1.10 bits per heavy atom. The maximum atomic E-state index is 14.3. The molecule has 2 fully saturated rings. The maximum absolute atomic E-state index is 14.3. The van der Waals surface area contributed by atoms with E-state index in [0.717, 1.165) is 13.8 Å². The molecule has 0 aliphatic carbocycles. The zero-order valence-electron chi connectivity index (χ0n) is 26.5. The topological polar surface area (TPSA) is 212 Å². The monoisotopic (exact) mass is 685 g/mol. The van der Waals surface area contributed by atoms with Gasteiger partial charge in [-0.05, 0) is 37.3 Å². The summed E-state index contributed by atoms with van der Waals surface area (Å²) in [5, 5.41) is 17.5. The minimum Gasteiger partial charge on any atom is -0.461 e. The van der Waals surface area contributed by atoms with Crippen molar-refractivity contribution in [1.29, 1.82) is 5.26 Å². The predicted molar refractivity (Wildman–Crippen MR) is 166 cm³/mol. The van der Waals surface area contributed by atoms with Crippen molar-refractivity contribution in [3.63, 3.8) is 0 Å². The lowest BCUT2D eigenvalue weighted by Gasteiger charge is -2.30. The largest absolute Gasteiger partial charge is 0.461 e. The van der Waals surface area contributed by atoms with Crippen LogP contribution in [0, 0.1) is 11.3 Å². The second-order valence-corrected chi connectivity index (χ2v) is 13.0. The fraction of sp³-hybridized carbons (Fsp3) is 0.452. The summed E-state index contributed by atoms with van der Waals surface area (Å²) < 4.78 is 55.6. The number of nitrogens with one attached hydrogen (secondary N) is 1. The van der Waals surface area contributed by atoms with Crippen molar-refractivity contribution in [2.45, 2.75) is 69.7 Å². The van der Waals surface area contributed by atoms with Crippen LogP contribution in [0.1, 0.15) is 45.4 Å². The number of nitriles is 1. The number of hydrogen-bond donors (Lipinski definition) is 2. The van der Waals surface area contributed by atoms with Gasteiger partial charge in [-0.1, -0.05) is 18.2 Å². The molecule has 2 saturated heterocycles. The number of para-hydroxylation sites is 1. The van der Waals surface area contributed by atoms with E-state index in [9.17, 15) is 24.2 Å². The standard InChI is InChI=1S/C31H36N5O11P/c1-19(30(39)45-22-12-15-41-16-13-22)35-48(40,47-23-7-5-4-6-8-23)42-18-31(17-32)29(44-21(3)38)28(43-20(2)37)27(46-31)26-10-9-25-24(33)11-14-34-36(25)26/h4-11,14,19,22,27-29H,12-13,15-16,18,33H2,1-3H3,(H,35,40)/t19-,27-,28-,29-,31+,48-/m0/s1. The van der Waals surface area contributed by atoms with E-state index in [-0.39, 0.29) is 11.9 Å². The second kappa shape index (κ2) is 14.7. The van der Waals surface area contributed by atoms with Crippen LogP contribution in [-0.2, 0) is 47.2 Å². The number of carbonyl (C=O) groups is 3. The predicted octanol–water partition coefficient (Wildman–Crippen LogP) is 3.02. The number of aromatic nitrogens is 2. The van der Waals surface area contributed by atoms with Gasteiger partial charge in [0.15, 0.2) is 12.2 Å². The number of esters is 3. The van der Waals surface area contributed by atoms with Crippen LogP contribution in [0.15, 0.2) is 54.7 Å². The van der Waals surface area contributed by atoms with Crippen LogP contribution < -0.4 is 15.3 Å². The molecule has 0 amide bonds. The lowest BCUT2D eigenvalue weighted by molar-refractivity contribution is -0.166. The number of nitrogen functional groups attached to an aromatic ring is 1. The molecule has 3 N–H and O–H groups in total. The number of anilines is 1. The van der Waals surface area contributed by atoms with Crippen molar-refractivity contribution in [3.05, 3.63) is 60.4 Å². The van der Waals surface area contributed by atoms with Gasteiger partial charge in [-0.2, -0.15) is 15.4 Å². The molecule has 1 aromatic carbocycles. The Morgan fingerprint density at radius 2 is 1.81 bits per heavy atom. The number of nitrogens with two attached hydrogens (primary N) is 1. The van der Waals surface area contributed by atoms with Crippen LogP contribution in [0.2, 0.25) is 0 Å². The van der Waals surface area contributed by atoms with E-state index in [1.807, 2.05) is 6.07 Å². The van der Waals surface area contributed by atoms with Crippen LogP contribution in [0.3, 0.4) is 0 Å². The van der Waals surface area contributed by atoms with Crippen LogP contribution in [-0.4, -0.2) is 77.3 Å². The van der Waals surface area contributed by atoms with Gasteiger partial charge >= 0.3 is 25.7 Å². The Hall–Kier alpha value is -4.52. The number of ether oxygens (including phenoxy) is 5. The van der Waals surface area contributed by atoms with Crippen LogP contribution in [0.25, 0.3) is 5.52 Å². The van der Waals surface area contributed by atoms with Gasteiger partial charge in [-0.25, -0.2) is 9.08 Å². The van der Waals surface area contributed by atoms with Crippen LogP contribution >= 0.6 is 7.75 Å². The van der Waals surface area contributed by atoms with Gasteiger partial charge in [0.1, 0.15) is 36.7 Å². The number of rotatable bonds is 12. The number of hydrogen-bond acceptors (Lipinski definition) is 14. The first-order chi connectivity index (χ1) is 22.9. The average Bonchev–Trinajstić information content (AvgIpc) is 3.61. The highest BCUT2D eigenvalue weighted by molar-refractivity contribution is 7.52.